The third-order valence-corrected chi connectivity index (χ3v) is 15.1. The molecule has 0 heterocycles. The molecule has 1 N–H and O–H groups in total. The van der Waals surface area contributed by atoms with Crippen molar-refractivity contribution in [3.05, 3.63) is 17.7 Å². The van der Waals surface area contributed by atoms with Gasteiger partial charge in [0.1, 0.15) is 5.60 Å². The summed E-state index contributed by atoms with van der Waals surface area (Å²) in [5.41, 5.74) is -0.113. The van der Waals surface area contributed by atoms with Crippen molar-refractivity contribution in [2.75, 3.05) is 26.4 Å². The fourth-order valence-electron chi connectivity index (χ4n) is 10.3. The molecule has 0 atom stereocenters. The maximum absolute atomic E-state index is 13.7. The first-order valence-corrected chi connectivity index (χ1v) is 33.3. The van der Waals surface area contributed by atoms with Gasteiger partial charge in [-0.05, 0) is 52.2 Å². The van der Waals surface area contributed by atoms with Crippen molar-refractivity contribution in [3.63, 3.8) is 0 Å². The predicted octanol–water partition coefficient (Wildman–Crippen LogP) is 22.1. The summed E-state index contributed by atoms with van der Waals surface area (Å²) in [6, 6.07) is 3.64. The lowest BCUT2D eigenvalue weighted by atomic mass is 10.0. The van der Waals surface area contributed by atoms with Gasteiger partial charge in [-0.25, -0.2) is 0 Å². The zero-order chi connectivity index (χ0) is 54.4. The highest BCUT2D eigenvalue weighted by Crippen LogP contribution is 2.40. The lowest BCUT2D eigenvalue weighted by Crippen LogP contribution is -2.29. The van der Waals surface area contributed by atoms with E-state index in [-0.39, 0.29) is 24.8 Å². The lowest BCUT2D eigenvalue weighted by Gasteiger charge is -2.20. The maximum Gasteiger partial charge on any atom is 0.308 e. The second-order valence-corrected chi connectivity index (χ2v) is 23.8. The molecule has 440 valence electrons. The Kier molecular flexibility index (Phi) is 50.4. The third kappa shape index (κ3) is 47.3. The fourth-order valence-corrected chi connectivity index (χ4v) is 10.3. The summed E-state index contributed by atoms with van der Waals surface area (Å²) in [5, 5.41) is 2.95. The zero-order valence-corrected chi connectivity index (χ0v) is 51.1. The van der Waals surface area contributed by atoms with Crippen LogP contribution in [-0.4, -0.2) is 43.8 Å². The topological polar surface area (TPSA) is 83.1 Å². The van der Waals surface area contributed by atoms with Gasteiger partial charge in [-0.15, -0.1) is 0 Å². The Hall–Kier alpha value is -2.44. The van der Waals surface area contributed by atoms with Gasteiger partial charge in [-0.1, -0.05) is 310 Å². The number of unbranched alkanes of at least 4 members (excludes halogenated alkanes) is 45. The van der Waals surface area contributed by atoms with Crippen molar-refractivity contribution in [1.82, 2.24) is 5.32 Å². The van der Waals surface area contributed by atoms with Crippen LogP contribution >= 0.6 is 0 Å². The molecule has 0 fully saturated rings. The largest absolute Gasteiger partial charge is 0.490 e. The van der Waals surface area contributed by atoms with E-state index < -0.39 is 5.60 Å². The van der Waals surface area contributed by atoms with Gasteiger partial charge in [0.2, 0.25) is 5.75 Å². The van der Waals surface area contributed by atoms with Crippen molar-refractivity contribution in [2.45, 2.75) is 362 Å². The van der Waals surface area contributed by atoms with Gasteiger partial charge >= 0.3 is 5.97 Å². The molecule has 0 aliphatic carbocycles. The van der Waals surface area contributed by atoms with Gasteiger partial charge in [-0.2, -0.15) is 0 Å². The molecule has 0 aromatic heterocycles. The van der Waals surface area contributed by atoms with Gasteiger partial charge in [0.25, 0.3) is 5.91 Å². The standard InChI is InChI=1S/C68H127NO6/c1-7-10-13-16-19-22-25-28-31-34-37-40-43-46-49-52-57-72-63-60-62(67(71)69-56-55-65(70)75-68(4,5)6)61-64(73-58-53-50-47-44-41-38-35-32-29-26-23-20-17-14-11-8-2)66(63)74-59-54-51-48-45-42-39-36-33-30-27-24-21-18-15-12-9-3/h60-61H,7-59H2,1-6H3,(H,69,71). The Morgan fingerprint density at radius 2 is 0.600 bits per heavy atom. The van der Waals surface area contributed by atoms with Crippen molar-refractivity contribution < 1.29 is 28.5 Å². The number of carbonyl (C=O) groups is 2. The molecule has 7 nitrogen and oxygen atoms in total. The molecule has 1 rings (SSSR count). The van der Waals surface area contributed by atoms with Gasteiger partial charge < -0.3 is 24.3 Å². The van der Waals surface area contributed by atoms with Gasteiger partial charge in [0.05, 0.1) is 26.2 Å². The first-order valence-electron chi connectivity index (χ1n) is 33.3. The number of amides is 1. The SMILES string of the molecule is CCCCCCCCCCCCCCCCCCOc1cc(C(=O)NCCC(=O)OC(C)(C)C)cc(OCCCCCCCCCCCCCCCCCC)c1OCCCCCCCCCCCCCCCCCC. The van der Waals surface area contributed by atoms with E-state index >= 15 is 0 Å². The number of hydrogen-bond acceptors (Lipinski definition) is 6. The van der Waals surface area contributed by atoms with Crippen molar-refractivity contribution in [2.24, 2.45) is 0 Å². The molecule has 0 unspecified atom stereocenters. The van der Waals surface area contributed by atoms with Gasteiger partial charge in [0.15, 0.2) is 11.5 Å². The average molecular weight is 1050 g/mol. The minimum atomic E-state index is -0.569. The Bertz CT molecular complexity index is 1330. The fraction of sp³-hybridized carbons (Fsp3) is 0.882. The van der Waals surface area contributed by atoms with Crippen LogP contribution in [0, 0.1) is 0 Å². The van der Waals surface area contributed by atoms with E-state index in [4.69, 9.17) is 18.9 Å². The van der Waals surface area contributed by atoms with E-state index in [1.165, 1.54) is 270 Å². The summed E-state index contributed by atoms with van der Waals surface area (Å²) >= 11 is 0. The number of benzene rings is 1. The van der Waals surface area contributed by atoms with Crippen LogP contribution in [0.5, 0.6) is 17.2 Å². The highest BCUT2D eigenvalue weighted by atomic mass is 16.6. The van der Waals surface area contributed by atoms with Crippen LogP contribution < -0.4 is 19.5 Å². The molecule has 0 aliphatic heterocycles. The number of nitrogens with one attached hydrogen (secondary N) is 1. The molecule has 1 aromatic rings. The first-order chi connectivity index (χ1) is 36.7. The van der Waals surface area contributed by atoms with Crippen molar-refractivity contribution >= 4 is 11.9 Å². The molecule has 75 heavy (non-hydrogen) atoms. The van der Waals surface area contributed by atoms with Crippen LogP contribution in [0.4, 0.5) is 0 Å². The number of ether oxygens (including phenoxy) is 4. The Morgan fingerprint density at radius 1 is 0.360 bits per heavy atom. The molecular weight excluding hydrogens is 927 g/mol. The Balaban J connectivity index is 2.79. The molecule has 0 aliphatic rings. The third-order valence-electron chi connectivity index (χ3n) is 15.1. The highest BCUT2D eigenvalue weighted by molar-refractivity contribution is 5.95. The van der Waals surface area contributed by atoms with Crippen LogP contribution in [-0.2, 0) is 9.53 Å². The molecule has 0 saturated carbocycles. The lowest BCUT2D eigenvalue weighted by molar-refractivity contribution is -0.154. The summed E-state index contributed by atoms with van der Waals surface area (Å²) in [6.45, 7) is 14.4. The smallest absolute Gasteiger partial charge is 0.308 e. The quantitative estimate of drug-likeness (QED) is 0.0517. The van der Waals surface area contributed by atoms with Crippen molar-refractivity contribution in [3.8, 4) is 17.2 Å². The Morgan fingerprint density at radius 3 is 0.853 bits per heavy atom. The van der Waals surface area contributed by atoms with E-state index in [0.717, 1.165) is 38.5 Å². The maximum atomic E-state index is 13.7. The molecule has 0 radical (unpaired) electrons. The highest BCUT2D eigenvalue weighted by Gasteiger charge is 2.21. The monoisotopic (exact) mass is 1050 g/mol. The number of carbonyl (C=O) groups excluding carboxylic acids is 2. The minimum Gasteiger partial charge on any atom is -0.490 e. The van der Waals surface area contributed by atoms with E-state index in [9.17, 15) is 9.59 Å². The first kappa shape index (κ1) is 70.6. The van der Waals surface area contributed by atoms with Crippen LogP contribution in [0.1, 0.15) is 367 Å². The summed E-state index contributed by atoms with van der Waals surface area (Å²) < 4.78 is 25.2. The van der Waals surface area contributed by atoms with Crippen LogP contribution in [0.25, 0.3) is 0 Å². The number of hydrogen-bond donors (Lipinski definition) is 1. The summed E-state index contributed by atoms with van der Waals surface area (Å²) in [5.74, 6) is 1.19. The second-order valence-electron chi connectivity index (χ2n) is 23.8. The minimum absolute atomic E-state index is 0.106. The Labute approximate surface area is 466 Å². The predicted molar refractivity (Wildman–Crippen MR) is 324 cm³/mol. The normalized spacial score (nSPS) is 11.6. The van der Waals surface area contributed by atoms with Crippen LogP contribution in [0.2, 0.25) is 0 Å². The molecular formula is C68H127NO6. The van der Waals surface area contributed by atoms with E-state index in [1.807, 2.05) is 32.9 Å². The van der Waals surface area contributed by atoms with Crippen LogP contribution in [0.3, 0.4) is 0 Å². The van der Waals surface area contributed by atoms with Gasteiger partial charge in [-0.3, -0.25) is 9.59 Å². The number of esters is 1. The van der Waals surface area contributed by atoms with Gasteiger partial charge in [0, 0.05) is 12.1 Å². The molecule has 7 heteroatoms. The second kappa shape index (κ2) is 53.6. The average Bonchev–Trinajstić information content (AvgIpc) is 3.38. The molecule has 1 aromatic carbocycles. The molecule has 0 saturated heterocycles. The van der Waals surface area contributed by atoms with Crippen LogP contribution in [0.15, 0.2) is 12.1 Å². The molecule has 0 bridgehead atoms. The molecule has 1 amide bonds. The summed E-state index contributed by atoms with van der Waals surface area (Å²) in [4.78, 5) is 26.2. The zero-order valence-electron chi connectivity index (χ0n) is 51.1. The number of rotatable bonds is 58. The summed E-state index contributed by atoms with van der Waals surface area (Å²) in [6.07, 6.45) is 63.9. The van der Waals surface area contributed by atoms with E-state index in [1.54, 1.807) is 0 Å². The van der Waals surface area contributed by atoms with E-state index in [2.05, 4.69) is 26.1 Å². The van der Waals surface area contributed by atoms with Crippen molar-refractivity contribution in [1.29, 1.82) is 0 Å². The summed E-state index contributed by atoms with van der Waals surface area (Å²) in [7, 11) is 0. The van der Waals surface area contributed by atoms with E-state index in [0.29, 0.717) is 42.6 Å². The molecule has 0 spiro atoms.